The van der Waals surface area contributed by atoms with Gasteiger partial charge in [0.05, 0.1) is 7.11 Å². The fourth-order valence-electron chi connectivity index (χ4n) is 2.16. The highest BCUT2D eigenvalue weighted by molar-refractivity contribution is 5.90. The zero-order chi connectivity index (χ0) is 7.84. The lowest BCUT2D eigenvalue weighted by molar-refractivity contribution is -0.136. The van der Waals surface area contributed by atoms with Gasteiger partial charge < -0.3 is 4.74 Å². The molecule has 2 rings (SSSR count). The van der Waals surface area contributed by atoms with E-state index in [1.165, 1.54) is 19.1 Å². The average molecular weight is 152 g/mol. The first-order valence-electron chi connectivity index (χ1n) is 4.10. The van der Waals surface area contributed by atoms with Crippen LogP contribution in [0.25, 0.3) is 0 Å². The maximum atomic E-state index is 11.1. The van der Waals surface area contributed by atoms with Gasteiger partial charge in [0.25, 0.3) is 0 Å². The second-order valence-corrected chi connectivity index (χ2v) is 3.39. The molecule has 2 heteroatoms. The molecule has 1 atom stereocenters. The number of hydrogen-bond acceptors (Lipinski definition) is 2. The van der Waals surface area contributed by atoms with Crippen LogP contribution in [0.15, 0.2) is 11.1 Å². The van der Waals surface area contributed by atoms with Crippen LogP contribution in [0.4, 0.5) is 0 Å². The minimum atomic E-state index is -0.0952. The third-order valence-corrected chi connectivity index (χ3v) is 2.74. The number of ether oxygens (including phenoxy) is 1. The topological polar surface area (TPSA) is 26.3 Å². The Bertz CT molecular complexity index is 228. The number of rotatable bonds is 1. The Morgan fingerprint density at radius 3 is 2.82 bits per heavy atom. The standard InChI is InChI=1S/C9H12O2/c1-11-9(10)8-5-6-2-3-7(8)4-6/h6H,2-5H2,1H3/t6-/m0/s1. The van der Waals surface area contributed by atoms with E-state index in [-0.39, 0.29) is 5.97 Å². The zero-order valence-electron chi connectivity index (χ0n) is 6.72. The van der Waals surface area contributed by atoms with Gasteiger partial charge in [0, 0.05) is 5.57 Å². The van der Waals surface area contributed by atoms with Crippen molar-refractivity contribution in [3.63, 3.8) is 0 Å². The normalized spacial score (nSPS) is 27.9. The summed E-state index contributed by atoms with van der Waals surface area (Å²) in [7, 11) is 1.46. The molecule has 0 N–H and O–H groups in total. The zero-order valence-corrected chi connectivity index (χ0v) is 6.72. The Morgan fingerprint density at radius 1 is 1.55 bits per heavy atom. The van der Waals surface area contributed by atoms with E-state index in [9.17, 15) is 4.79 Å². The van der Waals surface area contributed by atoms with Gasteiger partial charge in [0.1, 0.15) is 0 Å². The highest BCUT2D eigenvalue weighted by Gasteiger charge is 2.33. The van der Waals surface area contributed by atoms with Crippen LogP contribution in [0.5, 0.6) is 0 Å². The van der Waals surface area contributed by atoms with Crippen LogP contribution < -0.4 is 0 Å². The number of allylic oxidation sites excluding steroid dienone is 1. The van der Waals surface area contributed by atoms with Crippen LogP contribution in [-0.4, -0.2) is 13.1 Å². The first-order valence-corrected chi connectivity index (χ1v) is 4.10. The van der Waals surface area contributed by atoms with E-state index in [2.05, 4.69) is 4.74 Å². The molecule has 0 spiro atoms. The molecule has 11 heavy (non-hydrogen) atoms. The van der Waals surface area contributed by atoms with Crippen molar-refractivity contribution in [1.29, 1.82) is 0 Å². The average Bonchev–Trinajstić information content (AvgIpc) is 2.62. The van der Waals surface area contributed by atoms with E-state index in [0.717, 1.165) is 30.8 Å². The smallest absolute Gasteiger partial charge is 0.333 e. The van der Waals surface area contributed by atoms with Crippen molar-refractivity contribution in [2.75, 3.05) is 7.11 Å². The van der Waals surface area contributed by atoms with Crippen molar-refractivity contribution < 1.29 is 9.53 Å². The predicted octanol–water partition coefficient (Wildman–Crippen LogP) is 1.66. The van der Waals surface area contributed by atoms with Crippen LogP contribution in [-0.2, 0) is 9.53 Å². The van der Waals surface area contributed by atoms with E-state index in [1.807, 2.05) is 0 Å². The van der Waals surface area contributed by atoms with Gasteiger partial charge in [-0.15, -0.1) is 0 Å². The van der Waals surface area contributed by atoms with Gasteiger partial charge in [-0.1, -0.05) is 5.57 Å². The van der Waals surface area contributed by atoms with E-state index < -0.39 is 0 Å². The third kappa shape index (κ3) is 0.971. The second kappa shape index (κ2) is 2.36. The summed E-state index contributed by atoms with van der Waals surface area (Å²) in [5.74, 6) is 0.668. The minimum absolute atomic E-state index is 0.0952. The summed E-state index contributed by atoms with van der Waals surface area (Å²) >= 11 is 0. The summed E-state index contributed by atoms with van der Waals surface area (Å²) in [6, 6.07) is 0. The summed E-state index contributed by atoms with van der Waals surface area (Å²) in [5, 5.41) is 0. The van der Waals surface area contributed by atoms with Gasteiger partial charge in [-0.2, -0.15) is 0 Å². The fourth-order valence-corrected chi connectivity index (χ4v) is 2.16. The van der Waals surface area contributed by atoms with E-state index >= 15 is 0 Å². The van der Waals surface area contributed by atoms with Crippen LogP contribution in [0, 0.1) is 5.92 Å². The van der Waals surface area contributed by atoms with Crippen LogP contribution in [0.3, 0.4) is 0 Å². The molecule has 2 aliphatic carbocycles. The summed E-state index contributed by atoms with van der Waals surface area (Å²) in [6.45, 7) is 0. The minimum Gasteiger partial charge on any atom is -0.466 e. The van der Waals surface area contributed by atoms with Gasteiger partial charge >= 0.3 is 5.97 Å². The molecule has 2 nitrogen and oxygen atoms in total. The molecule has 1 saturated carbocycles. The first-order chi connectivity index (χ1) is 5.31. The summed E-state index contributed by atoms with van der Waals surface area (Å²) in [6.07, 6.45) is 4.55. The van der Waals surface area contributed by atoms with Crippen molar-refractivity contribution >= 4 is 5.97 Å². The summed E-state index contributed by atoms with van der Waals surface area (Å²) in [5.41, 5.74) is 2.34. The first kappa shape index (κ1) is 6.89. The molecule has 2 bridgehead atoms. The Balaban J connectivity index is 2.21. The molecule has 0 aromatic rings. The Morgan fingerprint density at radius 2 is 2.36 bits per heavy atom. The second-order valence-electron chi connectivity index (χ2n) is 3.39. The molecule has 0 aromatic carbocycles. The van der Waals surface area contributed by atoms with E-state index in [4.69, 9.17) is 0 Å². The quantitative estimate of drug-likeness (QED) is 0.534. The molecule has 2 aliphatic rings. The lowest BCUT2D eigenvalue weighted by Gasteiger charge is -2.08. The number of carbonyl (C=O) groups excluding carboxylic acids is 1. The number of fused-ring (bicyclic) bond motifs is 2. The highest BCUT2D eigenvalue weighted by atomic mass is 16.5. The van der Waals surface area contributed by atoms with Gasteiger partial charge in [0.15, 0.2) is 0 Å². The molecular formula is C9H12O2. The van der Waals surface area contributed by atoms with Crippen molar-refractivity contribution in [3.05, 3.63) is 11.1 Å². The van der Waals surface area contributed by atoms with Gasteiger partial charge in [0.2, 0.25) is 0 Å². The largest absolute Gasteiger partial charge is 0.466 e. The number of hydrogen-bond donors (Lipinski definition) is 0. The molecule has 0 radical (unpaired) electrons. The maximum Gasteiger partial charge on any atom is 0.333 e. The molecule has 0 amide bonds. The molecule has 0 aliphatic heterocycles. The SMILES string of the molecule is COC(=O)C1=C2CC[C@@H](C2)C1. The number of esters is 1. The van der Waals surface area contributed by atoms with Crippen LogP contribution >= 0.6 is 0 Å². The lowest BCUT2D eigenvalue weighted by atomic mass is 9.99. The van der Waals surface area contributed by atoms with Crippen molar-refractivity contribution in [3.8, 4) is 0 Å². The molecule has 0 aromatic heterocycles. The van der Waals surface area contributed by atoms with Gasteiger partial charge in [-0.3, -0.25) is 0 Å². The Hall–Kier alpha value is -0.790. The molecule has 60 valence electrons. The van der Waals surface area contributed by atoms with Gasteiger partial charge in [-0.25, -0.2) is 4.79 Å². The van der Waals surface area contributed by atoms with Crippen LogP contribution in [0.1, 0.15) is 25.7 Å². The molecular weight excluding hydrogens is 140 g/mol. The molecule has 0 saturated heterocycles. The highest BCUT2D eigenvalue weighted by Crippen LogP contribution is 2.44. The van der Waals surface area contributed by atoms with Crippen LogP contribution in [0.2, 0.25) is 0 Å². The number of carbonyl (C=O) groups is 1. The maximum absolute atomic E-state index is 11.1. The number of methoxy groups -OCH3 is 1. The lowest BCUT2D eigenvalue weighted by Crippen LogP contribution is -2.07. The van der Waals surface area contributed by atoms with E-state index in [0.29, 0.717) is 0 Å². The summed E-state index contributed by atoms with van der Waals surface area (Å²) in [4.78, 5) is 11.1. The molecule has 0 unspecified atom stereocenters. The Labute approximate surface area is 66.2 Å². The molecule has 0 heterocycles. The predicted molar refractivity (Wildman–Crippen MR) is 41.0 cm³/mol. The van der Waals surface area contributed by atoms with Gasteiger partial charge in [-0.05, 0) is 31.6 Å². The molecule has 1 fully saturated rings. The van der Waals surface area contributed by atoms with Crippen molar-refractivity contribution in [2.24, 2.45) is 5.92 Å². The monoisotopic (exact) mass is 152 g/mol. The van der Waals surface area contributed by atoms with E-state index in [1.54, 1.807) is 0 Å². The van der Waals surface area contributed by atoms with Crippen molar-refractivity contribution in [2.45, 2.75) is 25.7 Å². The summed E-state index contributed by atoms with van der Waals surface area (Å²) < 4.78 is 4.69. The van der Waals surface area contributed by atoms with Crippen molar-refractivity contribution in [1.82, 2.24) is 0 Å². The third-order valence-electron chi connectivity index (χ3n) is 2.74. The Kier molecular flexibility index (Phi) is 1.48. The fraction of sp³-hybridized carbons (Fsp3) is 0.667.